The Bertz CT molecular complexity index is 2060. The molecule has 0 bridgehead atoms. The zero-order valence-electron chi connectivity index (χ0n) is 32.2. The average molecular weight is 639 g/mol. The fourth-order valence-electron chi connectivity index (χ4n) is 7.43. The zero-order chi connectivity index (χ0) is 35.1. The van der Waals surface area contributed by atoms with E-state index in [9.17, 15) is 0 Å². The van der Waals surface area contributed by atoms with Crippen LogP contribution in [0.2, 0.25) is 0 Å². The quantitative estimate of drug-likeness (QED) is 0.170. The number of aryl methyl sites for hydroxylation is 2. The van der Waals surface area contributed by atoms with Crippen LogP contribution < -0.4 is 0 Å². The summed E-state index contributed by atoms with van der Waals surface area (Å²) >= 11 is 0. The van der Waals surface area contributed by atoms with Crippen molar-refractivity contribution in [3.05, 3.63) is 94.0 Å². The molecule has 0 amide bonds. The van der Waals surface area contributed by atoms with Gasteiger partial charge in [-0.2, -0.15) is 0 Å². The van der Waals surface area contributed by atoms with Crippen LogP contribution in [0.4, 0.5) is 0 Å². The van der Waals surface area contributed by atoms with Crippen molar-refractivity contribution in [2.75, 3.05) is 0 Å². The predicted octanol–water partition coefficient (Wildman–Crippen LogP) is 13.3. The van der Waals surface area contributed by atoms with Gasteiger partial charge >= 0.3 is 0 Å². The van der Waals surface area contributed by atoms with Crippen LogP contribution in [0.25, 0.3) is 55.8 Å². The van der Waals surface area contributed by atoms with Crippen molar-refractivity contribution in [1.82, 2.24) is 9.13 Å². The van der Waals surface area contributed by atoms with Crippen LogP contribution >= 0.6 is 0 Å². The van der Waals surface area contributed by atoms with Gasteiger partial charge in [0, 0.05) is 45.7 Å². The Kier molecular flexibility index (Phi) is 8.10. The van der Waals surface area contributed by atoms with Crippen molar-refractivity contribution in [2.24, 2.45) is 0 Å². The fraction of sp³-hybridized carbons (Fsp3) is 0.435. The molecular formula is C46H58N2. The van der Waals surface area contributed by atoms with E-state index < -0.39 is 0 Å². The second-order valence-electron chi connectivity index (χ2n) is 18.2. The lowest BCUT2D eigenvalue weighted by Gasteiger charge is -2.21. The highest BCUT2D eigenvalue weighted by Crippen LogP contribution is 2.41. The first kappa shape index (κ1) is 34.1. The predicted molar refractivity (Wildman–Crippen MR) is 214 cm³/mol. The Labute approximate surface area is 289 Å². The lowest BCUT2D eigenvalue weighted by atomic mass is 9.83. The third-order valence-corrected chi connectivity index (χ3v) is 10.5. The SMILES string of the molecule is CCn1c2ccc(C(C)(C)C)cc2c2cc(C(C)(C)C)cc(/C=C/c3cc(C(C)(C)C)cc4c5cc(C(C)(C)C)ccc5n(CC)c34)c21. The molecule has 2 heteroatoms. The molecule has 6 rings (SSSR count). The minimum absolute atomic E-state index is 0.0257. The van der Waals surface area contributed by atoms with Gasteiger partial charge in [0.1, 0.15) is 0 Å². The smallest absolute Gasteiger partial charge is 0.0565 e. The van der Waals surface area contributed by atoms with E-state index >= 15 is 0 Å². The van der Waals surface area contributed by atoms with E-state index in [1.165, 1.54) is 77.0 Å². The van der Waals surface area contributed by atoms with Crippen molar-refractivity contribution in [3.63, 3.8) is 0 Å². The van der Waals surface area contributed by atoms with Crippen molar-refractivity contribution in [3.8, 4) is 0 Å². The van der Waals surface area contributed by atoms with Crippen LogP contribution in [0.15, 0.2) is 60.7 Å². The lowest BCUT2D eigenvalue weighted by Crippen LogP contribution is -2.11. The summed E-state index contributed by atoms with van der Waals surface area (Å²) in [6.07, 6.45) is 4.82. The van der Waals surface area contributed by atoms with Gasteiger partial charge in [-0.3, -0.25) is 0 Å². The molecule has 2 aromatic heterocycles. The molecule has 0 saturated heterocycles. The lowest BCUT2D eigenvalue weighted by molar-refractivity contribution is 0.590. The van der Waals surface area contributed by atoms with Crippen LogP contribution in [-0.4, -0.2) is 9.13 Å². The molecule has 0 aliphatic rings. The monoisotopic (exact) mass is 638 g/mol. The zero-order valence-corrected chi connectivity index (χ0v) is 32.2. The first-order valence-electron chi connectivity index (χ1n) is 18.1. The maximum atomic E-state index is 2.53. The van der Waals surface area contributed by atoms with Gasteiger partial charge in [0.2, 0.25) is 0 Å². The summed E-state index contributed by atoms with van der Waals surface area (Å²) in [5, 5.41) is 5.43. The first-order chi connectivity index (χ1) is 22.2. The molecule has 0 spiro atoms. The number of hydrogen-bond donors (Lipinski definition) is 0. The minimum atomic E-state index is 0.0257. The van der Waals surface area contributed by atoms with Crippen molar-refractivity contribution in [1.29, 1.82) is 0 Å². The minimum Gasteiger partial charge on any atom is -0.340 e. The molecule has 2 heterocycles. The molecule has 0 aliphatic carbocycles. The molecule has 2 nitrogen and oxygen atoms in total. The van der Waals surface area contributed by atoms with E-state index in [0.717, 1.165) is 13.1 Å². The van der Waals surface area contributed by atoms with Crippen LogP contribution in [-0.2, 0) is 34.7 Å². The molecule has 0 atom stereocenters. The molecule has 48 heavy (non-hydrogen) atoms. The van der Waals surface area contributed by atoms with Gasteiger partial charge in [-0.05, 0) is 117 Å². The number of nitrogens with zero attached hydrogens (tertiary/aromatic N) is 2. The standard InChI is InChI=1S/C46H58N2/c1-15-47-39-21-19-31(43(3,4)5)25-35(39)37-27-33(45(9,10)11)23-29(41(37)47)17-18-30-24-34(46(12,13)14)28-38-36-26-32(44(6,7)8)20-22-40(36)48(16-2)42(30)38/h17-28H,15-16H2,1-14H3/b18-17+. The van der Waals surface area contributed by atoms with Gasteiger partial charge in [-0.15, -0.1) is 0 Å². The Balaban J connectivity index is 1.69. The Morgan fingerprint density at radius 3 is 1.02 bits per heavy atom. The van der Waals surface area contributed by atoms with E-state index in [1.54, 1.807) is 0 Å². The van der Waals surface area contributed by atoms with Crippen LogP contribution in [0, 0.1) is 0 Å². The third kappa shape index (κ3) is 5.80. The van der Waals surface area contributed by atoms with Crippen LogP contribution in [0.3, 0.4) is 0 Å². The largest absolute Gasteiger partial charge is 0.340 e. The van der Waals surface area contributed by atoms with Crippen LogP contribution in [0.1, 0.15) is 130 Å². The van der Waals surface area contributed by atoms with Gasteiger partial charge in [0.25, 0.3) is 0 Å². The highest BCUT2D eigenvalue weighted by molar-refractivity contribution is 6.13. The molecular weight excluding hydrogens is 581 g/mol. The molecule has 0 unspecified atom stereocenters. The summed E-state index contributed by atoms with van der Waals surface area (Å²) < 4.78 is 5.06. The average Bonchev–Trinajstić information content (AvgIpc) is 3.49. The summed E-state index contributed by atoms with van der Waals surface area (Å²) in [5.41, 5.74) is 13.6. The van der Waals surface area contributed by atoms with Crippen molar-refractivity contribution >= 4 is 55.8 Å². The summed E-state index contributed by atoms with van der Waals surface area (Å²) in [4.78, 5) is 0. The second kappa shape index (κ2) is 11.4. The maximum absolute atomic E-state index is 2.53. The number of fused-ring (bicyclic) bond motifs is 6. The van der Waals surface area contributed by atoms with Gasteiger partial charge in [-0.25, -0.2) is 0 Å². The molecule has 0 radical (unpaired) electrons. The summed E-state index contributed by atoms with van der Waals surface area (Å²) in [5.74, 6) is 0. The molecule has 6 aromatic rings. The van der Waals surface area contributed by atoms with Gasteiger partial charge < -0.3 is 9.13 Å². The van der Waals surface area contributed by atoms with Gasteiger partial charge in [0.15, 0.2) is 0 Å². The van der Waals surface area contributed by atoms with Crippen LogP contribution in [0.5, 0.6) is 0 Å². The number of aromatic nitrogens is 2. The molecule has 0 saturated carbocycles. The van der Waals surface area contributed by atoms with E-state index in [2.05, 4.69) is 179 Å². The Morgan fingerprint density at radius 2 is 0.729 bits per heavy atom. The molecule has 0 aliphatic heterocycles. The summed E-state index contributed by atoms with van der Waals surface area (Å²) in [6.45, 7) is 34.3. The number of hydrogen-bond acceptors (Lipinski definition) is 0. The summed E-state index contributed by atoms with van der Waals surface area (Å²) in [6, 6.07) is 24.1. The second-order valence-corrected chi connectivity index (χ2v) is 18.2. The Hall–Kier alpha value is -3.78. The van der Waals surface area contributed by atoms with E-state index in [-0.39, 0.29) is 21.7 Å². The topological polar surface area (TPSA) is 9.86 Å². The van der Waals surface area contributed by atoms with Crippen molar-refractivity contribution in [2.45, 2.75) is 132 Å². The highest BCUT2D eigenvalue weighted by Gasteiger charge is 2.24. The molecule has 252 valence electrons. The Morgan fingerprint density at radius 1 is 0.417 bits per heavy atom. The highest BCUT2D eigenvalue weighted by atomic mass is 15.0. The van der Waals surface area contributed by atoms with E-state index in [0.29, 0.717) is 0 Å². The van der Waals surface area contributed by atoms with E-state index in [4.69, 9.17) is 0 Å². The number of benzene rings is 4. The van der Waals surface area contributed by atoms with Crippen molar-refractivity contribution < 1.29 is 0 Å². The first-order valence-corrected chi connectivity index (χ1v) is 18.1. The van der Waals surface area contributed by atoms with Gasteiger partial charge in [0.05, 0.1) is 11.0 Å². The molecule has 0 fully saturated rings. The third-order valence-electron chi connectivity index (χ3n) is 10.5. The normalized spacial score (nSPS) is 13.7. The summed E-state index contributed by atoms with van der Waals surface area (Å²) in [7, 11) is 0. The maximum Gasteiger partial charge on any atom is 0.0565 e. The van der Waals surface area contributed by atoms with Gasteiger partial charge in [-0.1, -0.05) is 107 Å². The molecule has 0 N–H and O–H groups in total. The van der Waals surface area contributed by atoms with E-state index in [1.807, 2.05) is 0 Å². The number of rotatable bonds is 4. The fourth-order valence-corrected chi connectivity index (χ4v) is 7.43. The molecule has 4 aromatic carbocycles.